The van der Waals surface area contributed by atoms with Crippen molar-refractivity contribution in [3.05, 3.63) is 12.5 Å². The van der Waals surface area contributed by atoms with E-state index in [2.05, 4.69) is 5.32 Å². The van der Waals surface area contributed by atoms with Crippen molar-refractivity contribution in [3.63, 3.8) is 0 Å². The van der Waals surface area contributed by atoms with E-state index in [4.69, 9.17) is 5.11 Å². The van der Waals surface area contributed by atoms with Crippen molar-refractivity contribution in [1.82, 2.24) is 5.32 Å². The zero-order chi connectivity index (χ0) is 4.83. The van der Waals surface area contributed by atoms with E-state index in [1.54, 1.807) is 0 Å². The molecule has 0 spiro atoms. The summed E-state index contributed by atoms with van der Waals surface area (Å²) in [6.45, 7) is 2.82. The summed E-state index contributed by atoms with van der Waals surface area (Å²) in [7, 11) is 0. The second-order valence-electron chi connectivity index (χ2n) is 0.873. The van der Waals surface area contributed by atoms with Gasteiger partial charge in [0.05, 0.1) is 6.26 Å². The zero-order valence-electron chi connectivity index (χ0n) is 3.81. The third kappa shape index (κ3) is 3.34. The van der Waals surface area contributed by atoms with Crippen molar-refractivity contribution >= 4 is 0 Å². The van der Waals surface area contributed by atoms with Gasteiger partial charge in [0.15, 0.2) is 0 Å². The quantitative estimate of drug-likeness (QED) is 0.484. The van der Waals surface area contributed by atoms with Crippen molar-refractivity contribution in [2.24, 2.45) is 0 Å². The molecule has 2 N–H and O–H groups in total. The molecule has 0 heterocycles. The molecule has 0 aliphatic heterocycles. The summed E-state index contributed by atoms with van der Waals surface area (Å²) in [6.07, 6.45) is 2.46. The van der Waals surface area contributed by atoms with E-state index in [9.17, 15) is 0 Å². The molecule has 0 unspecified atom stereocenters. The Kier molecular flexibility index (Phi) is 3.86. The first-order valence-corrected chi connectivity index (χ1v) is 1.94. The van der Waals surface area contributed by atoms with E-state index < -0.39 is 0 Å². The number of aliphatic hydroxyl groups is 1. The maximum atomic E-state index is 7.95. The first kappa shape index (κ1) is 5.34. The van der Waals surface area contributed by atoms with Gasteiger partial charge in [-0.2, -0.15) is 0 Å². The molecule has 0 aromatic carbocycles. The third-order valence-corrected chi connectivity index (χ3v) is 0.397. The molecular weight excluding hydrogens is 78.0 g/mol. The lowest BCUT2D eigenvalue weighted by Gasteiger charge is -1.84. The third-order valence-electron chi connectivity index (χ3n) is 0.397. The molecule has 0 saturated carbocycles. The molecule has 0 saturated heterocycles. The van der Waals surface area contributed by atoms with Crippen LogP contribution in [0.2, 0.25) is 0 Å². The molecular formula is C4H9NO. The van der Waals surface area contributed by atoms with Crippen LogP contribution in [0.5, 0.6) is 0 Å². The molecule has 0 radical (unpaired) electrons. The van der Waals surface area contributed by atoms with Gasteiger partial charge in [-0.15, -0.1) is 0 Å². The Hall–Kier alpha value is -0.660. The van der Waals surface area contributed by atoms with Gasteiger partial charge in [-0.3, -0.25) is 0 Å². The van der Waals surface area contributed by atoms with Crippen LogP contribution < -0.4 is 5.32 Å². The molecule has 0 fully saturated rings. The number of nitrogens with one attached hydrogen (secondary N) is 1. The first-order chi connectivity index (χ1) is 2.91. The van der Waals surface area contributed by atoms with Crippen LogP contribution in [-0.2, 0) is 0 Å². The molecule has 0 aliphatic carbocycles. The number of aliphatic hydroxyl groups excluding tert-OH is 1. The van der Waals surface area contributed by atoms with Crippen LogP contribution >= 0.6 is 0 Å². The van der Waals surface area contributed by atoms with Crippen LogP contribution in [0.15, 0.2) is 12.5 Å². The van der Waals surface area contributed by atoms with E-state index in [0.29, 0.717) is 0 Å². The lowest BCUT2D eigenvalue weighted by Crippen LogP contribution is -2.00. The summed E-state index contributed by atoms with van der Waals surface area (Å²) in [5, 5.41) is 10.7. The van der Waals surface area contributed by atoms with Gasteiger partial charge in [0.25, 0.3) is 0 Å². The summed E-state index contributed by atoms with van der Waals surface area (Å²) in [5.41, 5.74) is 0. The van der Waals surface area contributed by atoms with Gasteiger partial charge >= 0.3 is 0 Å². The van der Waals surface area contributed by atoms with E-state index in [-0.39, 0.29) is 0 Å². The Bertz CT molecular complexity index is 42.8. The molecule has 2 heteroatoms. The lowest BCUT2D eigenvalue weighted by molar-refractivity contribution is 0.469. The van der Waals surface area contributed by atoms with E-state index in [1.165, 1.54) is 6.20 Å². The minimum absolute atomic E-state index is 0.858. The average molecular weight is 87.1 g/mol. The largest absolute Gasteiger partial charge is 0.514 e. The Balaban J connectivity index is 2.66. The van der Waals surface area contributed by atoms with Gasteiger partial charge in [-0.1, -0.05) is 0 Å². The highest BCUT2D eigenvalue weighted by molar-refractivity contribution is 4.65. The summed E-state index contributed by atoms with van der Waals surface area (Å²) in [4.78, 5) is 0. The minimum atomic E-state index is 0.858. The van der Waals surface area contributed by atoms with Crippen molar-refractivity contribution in [2.45, 2.75) is 6.92 Å². The van der Waals surface area contributed by atoms with Crippen molar-refractivity contribution < 1.29 is 5.11 Å². The minimum Gasteiger partial charge on any atom is -0.514 e. The van der Waals surface area contributed by atoms with Gasteiger partial charge in [0, 0.05) is 12.7 Å². The smallest absolute Gasteiger partial charge is 0.0948 e. The molecule has 6 heavy (non-hydrogen) atoms. The molecule has 36 valence electrons. The molecule has 0 aromatic heterocycles. The topological polar surface area (TPSA) is 32.3 Å². The SMILES string of the molecule is CCN/C=C/O. The molecule has 0 atom stereocenters. The molecule has 0 bridgehead atoms. The average Bonchev–Trinajstić information content (AvgIpc) is 1.61. The van der Waals surface area contributed by atoms with Gasteiger partial charge in [0.1, 0.15) is 0 Å². The van der Waals surface area contributed by atoms with Crippen LogP contribution in [0.3, 0.4) is 0 Å². The standard InChI is InChI=1S/C4H9NO/c1-2-5-3-4-6/h3-6H,2H2,1H3/b4-3+. The van der Waals surface area contributed by atoms with Crippen LogP contribution in [-0.4, -0.2) is 11.7 Å². The van der Waals surface area contributed by atoms with Crippen LogP contribution in [0.1, 0.15) is 6.92 Å². The molecule has 0 aliphatic rings. The monoisotopic (exact) mass is 87.1 g/mol. The predicted molar refractivity (Wildman–Crippen MR) is 25.4 cm³/mol. The lowest BCUT2D eigenvalue weighted by atomic mass is 10.7. The molecule has 0 amide bonds. The number of rotatable bonds is 2. The summed E-state index contributed by atoms with van der Waals surface area (Å²) in [6, 6.07) is 0. The predicted octanol–water partition coefficient (Wildman–Crippen LogP) is 0.625. The van der Waals surface area contributed by atoms with E-state index in [0.717, 1.165) is 12.8 Å². The molecule has 2 nitrogen and oxygen atoms in total. The fraction of sp³-hybridized carbons (Fsp3) is 0.500. The van der Waals surface area contributed by atoms with E-state index >= 15 is 0 Å². The number of hydrogen-bond acceptors (Lipinski definition) is 2. The second kappa shape index (κ2) is 4.34. The maximum absolute atomic E-state index is 7.95. The van der Waals surface area contributed by atoms with Crippen LogP contribution in [0.25, 0.3) is 0 Å². The van der Waals surface area contributed by atoms with Crippen molar-refractivity contribution in [3.8, 4) is 0 Å². The Morgan fingerprint density at radius 3 is 2.67 bits per heavy atom. The summed E-state index contributed by atoms with van der Waals surface area (Å²) >= 11 is 0. The van der Waals surface area contributed by atoms with E-state index in [1.807, 2.05) is 6.92 Å². The highest BCUT2D eigenvalue weighted by atomic mass is 16.2. The second-order valence-corrected chi connectivity index (χ2v) is 0.873. The normalized spacial score (nSPS) is 9.50. The van der Waals surface area contributed by atoms with Crippen molar-refractivity contribution in [1.29, 1.82) is 0 Å². The van der Waals surface area contributed by atoms with Crippen LogP contribution in [0.4, 0.5) is 0 Å². The Morgan fingerprint density at radius 1 is 1.83 bits per heavy atom. The van der Waals surface area contributed by atoms with Gasteiger partial charge in [-0.05, 0) is 6.92 Å². The zero-order valence-corrected chi connectivity index (χ0v) is 3.81. The van der Waals surface area contributed by atoms with Crippen molar-refractivity contribution in [2.75, 3.05) is 6.54 Å². The first-order valence-electron chi connectivity index (χ1n) is 1.94. The van der Waals surface area contributed by atoms with Crippen LogP contribution in [0, 0.1) is 0 Å². The molecule has 0 rings (SSSR count). The number of hydrogen-bond donors (Lipinski definition) is 2. The maximum Gasteiger partial charge on any atom is 0.0948 e. The Morgan fingerprint density at radius 2 is 2.50 bits per heavy atom. The molecule has 0 aromatic rings. The van der Waals surface area contributed by atoms with Gasteiger partial charge in [0.2, 0.25) is 0 Å². The summed E-state index contributed by atoms with van der Waals surface area (Å²) in [5.74, 6) is 0. The fourth-order valence-electron chi connectivity index (χ4n) is 0.171. The van der Waals surface area contributed by atoms with Gasteiger partial charge < -0.3 is 10.4 Å². The summed E-state index contributed by atoms with van der Waals surface area (Å²) < 4.78 is 0. The highest BCUT2D eigenvalue weighted by Gasteiger charge is 1.59. The van der Waals surface area contributed by atoms with Gasteiger partial charge in [-0.25, -0.2) is 0 Å². The Labute approximate surface area is 37.5 Å². The fourth-order valence-corrected chi connectivity index (χ4v) is 0.171. The highest BCUT2D eigenvalue weighted by Crippen LogP contribution is 1.54.